The van der Waals surface area contributed by atoms with Crippen LogP contribution in [-0.4, -0.2) is 28.0 Å². The standard InChI is InChI=1S/C16H20N4O.ClH/c21-15(14-9-10-5-1-2-6-11(10)17-14)20-16-18-12-7-3-4-8-13(12)19-16;/h3-4,7-8,10-11,14,17H,1-2,5-6,9H2,(H2,18,19,20,21);1H. The van der Waals surface area contributed by atoms with Gasteiger partial charge in [-0.05, 0) is 37.3 Å². The lowest BCUT2D eigenvalue weighted by Gasteiger charge is -2.24. The Labute approximate surface area is 135 Å². The summed E-state index contributed by atoms with van der Waals surface area (Å²) >= 11 is 0. The number of aromatic nitrogens is 2. The molecule has 1 aromatic carbocycles. The first-order valence-electron chi connectivity index (χ1n) is 7.81. The Morgan fingerprint density at radius 3 is 2.86 bits per heavy atom. The summed E-state index contributed by atoms with van der Waals surface area (Å²) in [7, 11) is 0. The number of anilines is 1. The zero-order valence-electron chi connectivity index (χ0n) is 12.3. The molecule has 3 unspecified atom stereocenters. The van der Waals surface area contributed by atoms with Gasteiger partial charge in [0, 0.05) is 6.04 Å². The van der Waals surface area contributed by atoms with Crippen molar-refractivity contribution in [1.82, 2.24) is 15.3 Å². The maximum atomic E-state index is 12.4. The molecule has 4 rings (SSSR count). The van der Waals surface area contributed by atoms with Crippen LogP contribution in [0.15, 0.2) is 24.3 Å². The Kier molecular flexibility index (Phi) is 4.36. The van der Waals surface area contributed by atoms with E-state index in [1.165, 1.54) is 25.7 Å². The van der Waals surface area contributed by atoms with E-state index in [-0.39, 0.29) is 24.4 Å². The zero-order valence-corrected chi connectivity index (χ0v) is 13.2. The topological polar surface area (TPSA) is 69.8 Å². The van der Waals surface area contributed by atoms with E-state index in [2.05, 4.69) is 20.6 Å². The molecule has 6 heteroatoms. The van der Waals surface area contributed by atoms with E-state index in [0.717, 1.165) is 17.5 Å². The molecule has 1 saturated carbocycles. The number of carbonyl (C=O) groups excluding carboxylic acids is 1. The minimum absolute atomic E-state index is 0. The summed E-state index contributed by atoms with van der Waals surface area (Å²) in [4.78, 5) is 19.9. The Hall–Kier alpha value is -1.59. The van der Waals surface area contributed by atoms with Crippen LogP contribution in [-0.2, 0) is 4.79 Å². The van der Waals surface area contributed by atoms with Gasteiger partial charge in [-0.1, -0.05) is 25.0 Å². The number of rotatable bonds is 2. The Bertz CT molecular complexity index is 624. The van der Waals surface area contributed by atoms with Crippen molar-refractivity contribution in [2.24, 2.45) is 5.92 Å². The fourth-order valence-electron chi connectivity index (χ4n) is 3.74. The van der Waals surface area contributed by atoms with Gasteiger partial charge in [0.15, 0.2) is 0 Å². The van der Waals surface area contributed by atoms with Crippen LogP contribution in [0.3, 0.4) is 0 Å². The smallest absolute Gasteiger partial charge is 0.243 e. The molecule has 118 valence electrons. The molecule has 1 aliphatic carbocycles. The number of fused-ring (bicyclic) bond motifs is 2. The van der Waals surface area contributed by atoms with Crippen LogP contribution in [0.25, 0.3) is 11.0 Å². The molecule has 0 bridgehead atoms. The molecule has 3 atom stereocenters. The monoisotopic (exact) mass is 320 g/mol. The summed E-state index contributed by atoms with van der Waals surface area (Å²) in [6.07, 6.45) is 6.01. The van der Waals surface area contributed by atoms with E-state index in [1.807, 2.05) is 24.3 Å². The maximum Gasteiger partial charge on any atom is 0.243 e. The van der Waals surface area contributed by atoms with E-state index >= 15 is 0 Å². The molecule has 0 spiro atoms. The third kappa shape index (κ3) is 2.83. The number of amides is 1. The number of imidazole rings is 1. The van der Waals surface area contributed by atoms with E-state index in [4.69, 9.17) is 0 Å². The second-order valence-electron chi connectivity index (χ2n) is 6.20. The molecule has 0 radical (unpaired) electrons. The number of H-pyrrole nitrogens is 1. The molecule has 2 heterocycles. The minimum Gasteiger partial charge on any atom is -0.324 e. The predicted octanol–water partition coefficient (Wildman–Crippen LogP) is 2.84. The van der Waals surface area contributed by atoms with E-state index in [9.17, 15) is 4.79 Å². The first kappa shape index (κ1) is 15.3. The van der Waals surface area contributed by atoms with Crippen LogP contribution >= 0.6 is 12.4 Å². The van der Waals surface area contributed by atoms with Gasteiger partial charge in [0.2, 0.25) is 11.9 Å². The van der Waals surface area contributed by atoms with Crippen LogP contribution in [0.1, 0.15) is 32.1 Å². The minimum atomic E-state index is -0.0775. The summed E-state index contributed by atoms with van der Waals surface area (Å²) in [5, 5.41) is 6.41. The summed E-state index contributed by atoms with van der Waals surface area (Å²) < 4.78 is 0. The normalized spacial score (nSPS) is 27.2. The van der Waals surface area contributed by atoms with Gasteiger partial charge in [-0.2, -0.15) is 0 Å². The van der Waals surface area contributed by atoms with Gasteiger partial charge < -0.3 is 10.3 Å². The molecular formula is C16H21ClN4O. The highest BCUT2D eigenvalue weighted by Crippen LogP contribution is 2.33. The van der Waals surface area contributed by atoms with Crippen LogP contribution in [0.5, 0.6) is 0 Å². The van der Waals surface area contributed by atoms with Crippen LogP contribution in [0, 0.1) is 5.92 Å². The predicted molar refractivity (Wildman–Crippen MR) is 89.3 cm³/mol. The molecule has 2 fully saturated rings. The number of halogens is 1. The van der Waals surface area contributed by atoms with Gasteiger partial charge in [0.1, 0.15) is 0 Å². The first-order valence-corrected chi connectivity index (χ1v) is 7.81. The van der Waals surface area contributed by atoms with Crippen LogP contribution in [0.4, 0.5) is 5.95 Å². The Balaban J connectivity index is 0.00000144. The highest BCUT2D eigenvalue weighted by molar-refractivity contribution is 5.95. The SMILES string of the molecule is Cl.O=C(Nc1nc2ccccc2[nH]1)C1CC2CCCCC2N1. The summed E-state index contributed by atoms with van der Waals surface area (Å²) in [5.41, 5.74) is 1.82. The fourth-order valence-corrected chi connectivity index (χ4v) is 3.74. The van der Waals surface area contributed by atoms with Gasteiger partial charge in [-0.15, -0.1) is 12.4 Å². The lowest BCUT2D eigenvalue weighted by Crippen LogP contribution is -2.40. The van der Waals surface area contributed by atoms with Crippen LogP contribution in [0.2, 0.25) is 0 Å². The van der Waals surface area contributed by atoms with Crippen molar-refractivity contribution in [1.29, 1.82) is 0 Å². The second-order valence-corrected chi connectivity index (χ2v) is 6.20. The molecular weight excluding hydrogens is 300 g/mol. The number of para-hydroxylation sites is 2. The zero-order chi connectivity index (χ0) is 14.2. The number of aromatic amines is 1. The third-order valence-electron chi connectivity index (χ3n) is 4.81. The number of carbonyl (C=O) groups is 1. The van der Waals surface area contributed by atoms with Crippen LogP contribution < -0.4 is 10.6 Å². The van der Waals surface area contributed by atoms with Gasteiger partial charge in [-0.3, -0.25) is 10.1 Å². The summed E-state index contributed by atoms with van der Waals surface area (Å²) in [6, 6.07) is 8.24. The van der Waals surface area contributed by atoms with Crippen molar-refractivity contribution >= 4 is 35.3 Å². The largest absolute Gasteiger partial charge is 0.324 e. The van der Waals surface area contributed by atoms with Crippen molar-refractivity contribution in [2.45, 2.75) is 44.2 Å². The van der Waals surface area contributed by atoms with Crippen molar-refractivity contribution < 1.29 is 4.79 Å². The van der Waals surface area contributed by atoms with Gasteiger partial charge >= 0.3 is 0 Å². The van der Waals surface area contributed by atoms with Crippen molar-refractivity contribution in [3.05, 3.63) is 24.3 Å². The van der Waals surface area contributed by atoms with Crippen molar-refractivity contribution in [3.63, 3.8) is 0 Å². The maximum absolute atomic E-state index is 12.4. The number of hydrogen-bond acceptors (Lipinski definition) is 3. The fraction of sp³-hybridized carbons (Fsp3) is 0.500. The van der Waals surface area contributed by atoms with Gasteiger partial charge in [0.05, 0.1) is 17.1 Å². The molecule has 1 aliphatic heterocycles. The lowest BCUT2D eigenvalue weighted by atomic mass is 9.85. The molecule has 5 nitrogen and oxygen atoms in total. The Morgan fingerprint density at radius 2 is 2.05 bits per heavy atom. The third-order valence-corrected chi connectivity index (χ3v) is 4.81. The molecule has 2 aliphatic rings. The van der Waals surface area contributed by atoms with Crippen molar-refractivity contribution in [3.8, 4) is 0 Å². The molecule has 3 N–H and O–H groups in total. The molecule has 2 aromatic rings. The number of nitrogens with one attached hydrogen (secondary N) is 3. The molecule has 1 amide bonds. The van der Waals surface area contributed by atoms with E-state index in [0.29, 0.717) is 17.9 Å². The molecule has 22 heavy (non-hydrogen) atoms. The van der Waals surface area contributed by atoms with E-state index < -0.39 is 0 Å². The van der Waals surface area contributed by atoms with E-state index in [1.54, 1.807) is 0 Å². The first-order chi connectivity index (χ1) is 10.3. The average molecular weight is 321 g/mol. The number of nitrogens with zero attached hydrogens (tertiary/aromatic N) is 1. The second kappa shape index (κ2) is 6.26. The molecule has 1 aromatic heterocycles. The van der Waals surface area contributed by atoms with Gasteiger partial charge in [0.25, 0.3) is 0 Å². The van der Waals surface area contributed by atoms with Crippen molar-refractivity contribution in [2.75, 3.05) is 5.32 Å². The Morgan fingerprint density at radius 1 is 1.23 bits per heavy atom. The summed E-state index contributed by atoms with van der Waals surface area (Å²) in [5.74, 6) is 1.24. The lowest BCUT2D eigenvalue weighted by molar-refractivity contribution is -0.117. The highest BCUT2D eigenvalue weighted by atomic mass is 35.5. The summed E-state index contributed by atoms with van der Waals surface area (Å²) in [6.45, 7) is 0. The number of hydrogen-bond donors (Lipinski definition) is 3. The average Bonchev–Trinajstić information content (AvgIpc) is 3.10. The quantitative estimate of drug-likeness (QED) is 0.797. The highest BCUT2D eigenvalue weighted by Gasteiger charge is 2.38. The van der Waals surface area contributed by atoms with Gasteiger partial charge in [-0.25, -0.2) is 4.98 Å². The number of benzene rings is 1. The molecule has 1 saturated heterocycles.